The van der Waals surface area contributed by atoms with Gasteiger partial charge in [-0.3, -0.25) is 4.79 Å². The summed E-state index contributed by atoms with van der Waals surface area (Å²) in [5.41, 5.74) is 1.33. The van der Waals surface area contributed by atoms with Crippen LogP contribution >= 0.6 is 11.3 Å². The number of carbonyl (C=O) groups is 3. The van der Waals surface area contributed by atoms with Crippen LogP contribution in [-0.2, 0) is 20.8 Å². The predicted octanol–water partition coefficient (Wildman–Crippen LogP) is -0.192. The van der Waals surface area contributed by atoms with E-state index in [9.17, 15) is 4.79 Å². The molecule has 0 aliphatic carbocycles. The van der Waals surface area contributed by atoms with Crippen molar-refractivity contribution in [2.75, 3.05) is 18.0 Å². The molecule has 0 spiro atoms. The summed E-state index contributed by atoms with van der Waals surface area (Å²) in [6.45, 7) is 5.36. The molecule has 0 bridgehead atoms. The van der Waals surface area contributed by atoms with Crippen molar-refractivity contribution in [1.29, 1.82) is 0 Å². The van der Waals surface area contributed by atoms with Crippen LogP contribution in [0.4, 0.5) is 5.00 Å². The Balaban J connectivity index is 0.000000527. The van der Waals surface area contributed by atoms with Gasteiger partial charge in [0.2, 0.25) is 5.91 Å². The van der Waals surface area contributed by atoms with E-state index in [-0.39, 0.29) is 11.9 Å². The molecule has 1 amide bonds. The van der Waals surface area contributed by atoms with Crippen LogP contribution < -0.4 is 20.4 Å². The highest BCUT2D eigenvalue weighted by molar-refractivity contribution is 7.14. The van der Waals surface area contributed by atoms with Gasteiger partial charge < -0.3 is 30.0 Å². The monoisotopic (exact) mass is 390 g/mol. The zero-order valence-electron chi connectivity index (χ0n) is 15.2. The smallest absolute Gasteiger partial charge is 0.224 e. The standard InChI is InChI=1S/C17H22N2OS.C2H2O4/c1-14(18-11-10-16-7-4-3-5-8-16)13-19(15(2)20)17-9-6-12-21-17;3-1(4)2(5)6/h3-9,12,14,18H,10-11,13H2,1-2H3;(H,3,4)(H,5,6)/p-2. The van der Waals surface area contributed by atoms with Crippen LogP contribution in [0.3, 0.4) is 0 Å². The molecule has 2 aromatic rings. The number of carbonyl (C=O) groups excluding carboxylic acids is 3. The van der Waals surface area contributed by atoms with Crippen LogP contribution in [0.25, 0.3) is 0 Å². The van der Waals surface area contributed by atoms with E-state index in [4.69, 9.17) is 19.8 Å². The Kier molecular flexibility index (Phi) is 9.78. The predicted molar refractivity (Wildman–Crippen MR) is 100.0 cm³/mol. The fourth-order valence-electron chi connectivity index (χ4n) is 2.24. The summed E-state index contributed by atoms with van der Waals surface area (Å²) < 4.78 is 0. The SMILES string of the molecule is CC(=O)N(CC(C)NCCc1ccccc1)c1cccs1.O=C([O-])C(=O)[O-]. The third-order valence-corrected chi connectivity index (χ3v) is 4.42. The van der Waals surface area contributed by atoms with Crippen molar-refractivity contribution in [3.8, 4) is 0 Å². The molecule has 27 heavy (non-hydrogen) atoms. The first kappa shape index (κ1) is 22.3. The summed E-state index contributed by atoms with van der Waals surface area (Å²) in [6.07, 6.45) is 1.00. The quantitative estimate of drug-likeness (QED) is 0.656. The van der Waals surface area contributed by atoms with Crippen molar-refractivity contribution < 1.29 is 24.6 Å². The second-order valence-electron chi connectivity index (χ2n) is 5.75. The number of anilines is 1. The molecule has 1 N–H and O–H groups in total. The van der Waals surface area contributed by atoms with E-state index in [1.54, 1.807) is 18.3 Å². The van der Waals surface area contributed by atoms with Gasteiger partial charge in [-0.05, 0) is 43.0 Å². The van der Waals surface area contributed by atoms with Gasteiger partial charge in [-0.1, -0.05) is 30.3 Å². The van der Waals surface area contributed by atoms with Crippen LogP contribution in [0.2, 0.25) is 0 Å². The Labute approximate surface area is 162 Å². The van der Waals surface area contributed by atoms with Gasteiger partial charge >= 0.3 is 0 Å². The van der Waals surface area contributed by atoms with Crippen LogP contribution in [0.5, 0.6) is 0 Å². The Morgan fingerprint density at radius 1 is 1.07 bits per heavy atom. The maximum Gasteiger partial charge on any atom is 0.224 e. The van der Waals surface area contributed by atoms with Crippen molar-refractivity contribution in [3.63, 3.8) is 0 Å². The van der Waals surface area contributed by atoms with E-state index in [0.29, 0.717) is 6.54 Å². The Morgan fingerprint density at radius 2 is 1.70 bits per heavy atom. The highest BCUT2D eigenvalue weighted by atomic mass is 32.1. The average molecular weight is 390 g/mol. The van der Waals surface area contributed by atoms with E-state index in [0.717, 1.165) is 18.0 Å². The van der Waals surface area contributed by atoms with Gasteiger partial charge in [-0.15, -0.1) is 11.3 Å². The largest absolute Gasteiger partial charge is 0.543 e. The molecule has 0 fully saturated rings. The number of rotatable bonds is 7. The molecule has 0 aliphatic rings. The van der Waals surface area contributed by atoms with Crippen LogP contribution in [0.15, 0.2) is 47.8 Å². The van der Waals surface area contributed by atoms with Crippen molar-refractivity contribution in [2.45, 2.75) is 26.3 Å². The summed E-state index contributed by atoms with van der Waals surface area (Å²) in [5.74, 6) is -4.28. The zero-order chi connectivity index (χ0) is 20.2. The molecule has 7 nitrogen and oxygen atoms in total. The lowest BCUT2D eigenvalue weighted by Crippen LogP contribution is -2.42. The summed E-state index contributed by atoms with van der Waals surface area (Å²) in [7, 11) is 0. The fourth-order valence-corrected chi connectivity index (χ4v) is 3.03. The molecule has 1 heterocycles. The maximum atomic E-state index is 11.8. The van der Waals surface area contributed by atoms with Gasteiger partial charge in [0.25, 0.3) is 0 Å². The summed E-state index contributed by atoms with van der Waals surface area (Å²) in [6, 6.07) is 14.7. The minimum Gasteiger partial charge on any atom is -0.543 e. The molecule has 2 rings (SSSR count). The number of nitrogens with zero attached hydrogens (tertiary/aromatic N) is 1. The van der Waals surface area contributed by atoms with Crippen molar-refractivity contribution in [2.24, 2.45) is 0 Å². The Morgan fingerprint density at radius 3 is 2.19 bits per heavy atom. The van der Waals surface area contributed by atoms with Gasteiger partial charge in [-0.25, -0.2) is 0 Å². The Hall–Kier alpha value is -2.71. The van der Waals surface area contributed by atoms with E-state index in [1.807, 2.05) is 28.5 Å². The number of carboxylic acid groups (broad SMARTS) is 2. The minimum atomic E-state index is -2.19. The number of thiophene rings is 1. The van der Waals surface area contributed by atoms with E-state index in [2.05, 4.69) is 36.5 Å². The molecule has 146 valence electrons. The highest BCUT2D eigenvalue weighted by Gasteiger charge is 2.15. The van der Waals surface area contributed by atoms with Crippen LogP contribution in [0.1, 0.15) is 19.4 Å². The molecule has 8 heteroatoms. The van der Waals surface area contributed by atoms with Crippen LogP contribution in [0, 0.1) is 0 Å². The number of carboxylic acids is 2. The van der Waals surface area contributed by atoms with E-state index >= 15 is 0 Å². The number of nitrogens with one attached hydrogen (secondary N) is 1. The lowest BCUT2D eigenvalue weighted by molar-refractivity contribution is -0.345. The van der Waals surface area contributed by atoms with Gasteiger partial charge in [0.1, 0.15) is 0 Å². The normalized spacial score (nSPS) is 11.0. The molecule has 1 atom stereocenters. The number of benzene rings is 1. The van der Waals surface area contributed by atoms with Crippen LogP contribution in [-0.4, -0.2) is 37.0 Å². The molecule has 0 saturated heterocycles. The lowest BCUT2D eigenvalue weighted by atomic mass is 10.1. The number of hydrogen-bond donors (Lipinski definition) is 1. The fraction of sp³-hybridized carbons (Fsp3) is 0.316. The molecular formula is C19H22N2O5S-2. The van der Waals surface area contributed by atoms with Gasteiger partial charge in [0, 0.05) is 19.5 Å². The lowest BCUT2D eigenvalue weighted by Gasteiger charge is -2.24. The molecular weight excluding hydrogens is 368 g/mol. The third kappa shape index (κ3) is 8.98. The minimum absolute atomic E-state index is 0.0918. The molecule has 0 radical (unpaired) electrons. The second-order valence-corrected chi connectivity index (χ2v) is 6.67. The third-order valence-electron chi connectivity index (χ3n) is 3.52. The van der Waals surface area contributed by atoms with Gasteiger partial charge in [-0.2, -0.15) is 0 Å². The summed E-state index contributed by atoms with van der Waals surface area (Å²) in [5, 5.41) is 24.4. The topological polar surface area (TPSA) is 113 Å². The molecule has 1 aromatic heterocycles. The molecule has 1 unspecified atom stereocenters. The van der Waals surface area contributed by atoms with E-state index in [1.165, 1.54) is 5.56 Å². The zero-order valence-corrected chi connectivity index (χ0v) is 16.0. The number of aliphatic carboxylic acids is 2. The molecule has 1 aromatic carbocycles. The van der Waals surface area contributed by atoms with Gasteiger partial charge in [0.05, 0.1) is 16.9 Å². The van der Waals surface area contributed by atoms with Crippen molar-refractivity contribution in [3.05, 3.63) is 53.4 Å². The number of amides is 1. The maximum absolute atomic E-state index is 11.8. The first-order valence-electron chi connectivity index (χ1n) is 8.32. The van der Waals surface area contributed by atoms with Crippen molar-refractivity contribution in [1.82, 2.24) is 5.32 Å². The summed E-state index contributed by atoms with van der Waals surface area (Å²) >= 11 is 1.60. The second kappa shape index (κ2) is 11.8. The van der Waals surface area contributed by atoms with Crippen molar-refractivity contribution >= 4 is 34.2 Å². The number of hydrogen-bond acceptors (Lipinski definition) is 7. The Bertz CT molecular complexity index is 707. The highest BCUT2D eigenvalue weighted by Crippen LogP contribution is 2.21. The average Bonchev–Trinajstić information content (AvgIpc) is 3.15. The summed E-state index contributed by atoms with van der Waals surface area (Å²) in [4.78, 5) is 31.5. The molecule has 0 saturated carbocycles. The molecule has 0 aliphatic heterocycles. The first-order valence-corrected chi connectivity index (χ1v) is 9.20. The first-order chi connectivity index (χ1) is 12.8. The van der Waals surface area contributed by atoms with E-state index < -0.39 is 11.9 Å². The van der Waals surface area contributed by atoms with Gasteiger partial charge in [0.15, 0.2) is 0 Å².